The highest BCUT2D eigenvalue weighted by Gasteiger charge is 2.36. The van der Waals surface area contributed by atoms with Crippen molar-refractivity contribution in [2.45, 2.75) is 53.0 Å². The Morgan fingerprint density at radius 2 is 1.80 bits per heavy atom. The van der Waals surface area contributed by atoms with Gasteiger partial charge in [0.15, 0.2) is 0 Å². The van der Waals surface area contributed by atoms with E-state index in [2.05, 4.69) is 27.7 Å². The molecule has 0 radical (unpaired) electrons. The van der Waals surface area contributed by atoms with Gasteiger partial charge in [-0.05, 0) is 18.8 Å². The Hall–Kier alpha value is -1.26. The number of carboxylic acids is 1. The summed E-state index contributed by atoms with van der Waals surface area (Å²) in [6.07, 6.45) is 2.08. The molecular weight excluding hydrogens is 256 g/mol. The summed E-state index contributed by atoms with van der Waals surface area (Å²) in [6, 6.07) is 0.359. The first-order chi connectivity index (χ1) is 9.38. The minimum atomic E-state index is -0.777. The molecule has 2 amide bonds. The lowest BCUT2D eigenvalue weighted by Crippen LogP contribution is -2.57. The van der Waals surface area contributed by atoms with Crippen molar-refractivity contribution in [3.05, 3.63) is 0 Å². The molecule has 1 N–H and O–H groups in total. The molecule has 0 saturated carbocycles. The van der Waals surface area contributed by atoms with Gasteiger partial charge in [-0.2, -0.15) is 0 Å². The minimum absolute atomic E-state index is 0.0778. The predicted octanol–water partition coefficient (Wildman–Crippen LogP) is 2.66. The normalized spacial score (nSPS) is 15.6. The smallest absolute Gasteiger partial charge is 0.320 e. The van der Waals surface area contributed by atoms with Gasteiger partial charge in [0.1, 0.15) is 0 Å². The Bertz CT molecular complexity index is 334. The third-order valence-electron chi connectivity index (χ3n) is 3.88. The lowest BCUT2D eigenvalue weighted by Gasteiger charge is -2.44. The fraction of sp³-hybridized carbons (Fsp3) is 0.867. The molecule has 1 heterocycles. The number of urea groups is 1. The molecule has 1 fully saturated rings. The number of amides is 2. The second-order valence-corrected chi connectivity index (χ2v) is 6.17. The number of carbonyl (C=O) groups is 2. The number of nitrogens with zero attached hydrogens (tertiary/aromatic N) is 2. The van der Waals surface area contributed by atoms with Crippen molar-refractivity contribution in [3.8, 4) is 0 Å². The van der Waals surface area contributed by atoms with Crippen LogP contribution < -0.4 is 0 Å². The van der Waals surface area contributed by atoms with E-state index in [1.54, 1.807) is 4.90 Å². The summed E-state index contributed by atoms with van der Waals surface area (Å²) in [4.78, 5) is 27.0. The maximum atomic E-state index is 12.6. The number of rotatable bonds is 7. The van der Waals surface area contributed by atoms with Crippen molar-refractivity contribution in [2.75, 3.05) is 19.6 Å². The van der Waals surface area contributed by atoms with Crippen LogP contribution in [0.2, 0.25) is 0 Å². The Morgan fingerprint density at radius 1 is 1.25 bits per heavy atom. The molecule has 0 unspecified atom stereocenters. The second-order valence-electron chi connectivity index (χ2n) is 6.17. The largest absolute Gasteiger partial charge is 0.481 e. The average Bonchev–Trinajstić information content (AvgIpc) is 2.32. The van der Waals surface area contributed by atoms with Crippen LogP contribution in [0.1, 0.15) is 47.0 Å². The van der Waals surface area contributed by atoms with Gasteiger partial charge in [0.2, 0.25) is 0 Å². The van der Waals surface area contributed by atoms with Gasteiger partial charge in [0.25, 0.3) is 0 Å². The van der Waals surface area contributed by atoms with Gasteiger partial charge >= 0.3 is 12.0 Å². The van der Waals surface area contributed by atoms with E-state index in [1.807, 2.05) is 4.90 Å². The van der Waals surface area contributed by atoms with Crippen molar-refractivity contribution in [3.63, 3.8) is 0 Å². The zero-order valence-electron chi connectivity index (χ0n) is 13.1. The van der Waals surface area contributed by atoms with Crippen LogP contribution in [-0.2, 0) is 4.79 Å². The van der Waals surface area contributed by atoms with Crippen LogP contribution in [0, 0.1) is 11.8 Å². The summed E-state index contributed by atoms with van der Waals surface area (Å²) in [6.45, 7) is 10.4. The van der Waals surface area contributed by atoms with Crippen molar-refractivity contribution in [1.82, 2.24) is 9.80 Å². The molecule has 5 heteroatoms. The molecule has 0 aromatic heterocycles. The van der Waals surface area contributed by atoms with Crippen molar-refractivity contribution in [1.29, 1.82) is 0 Å². The Morgan fingerprint density at radius 3 is 2.20 bits per heavy atom. The highest BCUT2D eigenvalue weighted by molar-refractivity contribution is 5.76. The molecular formula is C15H28N2O3. The van der Waals surface area contributed by atoms with E-state index in [9.17, 15) is 9.59 Å². The molecule has 1 saturated heterocycles. The Balaban J connectivity index is 2.59. The monoisotopic (exact) mass is 284 g/mol. The number of hydrogen-bond donors (Lipinski definition) is 1. The summed E-state index contributed by atoms with van der Waals surface area (Å²) in [5.41, 5.74) is 0. The van der Waals surface area contributed by atoms with E-state index in [0.29, 0.717) is 19.0 Å². The molecule has 1 rings (SSSR count). The molecule has 0 aromatic rings. The molecule has 5 nitrogen and oxygen atoms in total. The highest BCUT2D eigenvalue weighted by Crippen LogP contribution is 2.23. The molecule has 0 aromatic carbocycles. The number of likely N-dealkylation sites (tertiary alicyclic amines) is 1. The SMILES string of the molecule is CCC(CC)N(CC(C)C)C(=O)N1CC(CC(=O)O)C1. The first-order valence-electron chi connectivity index (χ1n) is 7.66. The van der Waals surface area contributed by atoms with E-state index >= 15 is 0 Å². The fourth-order valence-corrected chi connectivity index (χ4v) is 2.79. The first-order valence-corrected chi connectivity index (χ1v) is 7.66. The first kappa shape index (κ1) is 16.8. The van der Waals surface area contributed by atoms with Gasteiger partial charge in [-0.3, -0.25) is 4.79 Å². The van der Waals surface area contributed by atoms with E-state index < -0.39 is 5.97 Å². The summed E-state index contributed by atoms with van der Waals surface area (Å²) < 4.78 is 0. The van der Waals surface area contributed by atoms with Crippen LogP contribution in [0.4, 0.5) is 4.79 Å². The van der Waals surface area contributed by atoms with Gasteiger partial charge in [0, 0.05) is 31.6 Å². The van der Waals surface area contributed by atoms with Crippen LogP contribution in [-0.4, -0.2) is 52.6 Å². The summed E-state index contributed by atoms with van der Waals surface area (Å²) in [5, 5.41) is 8.75. The number of aliphatic carboxylic acids is 1. The minimum Gasteiger partial charge on any atom is -0.481 e. The molecule has 116 valence electrons. The third kappa shape index (κ3) is 4.39. The van der Waals surface area contributed by atoms with E-state index in [-0.39, 0.29) is 24.4 Å². The van der Waals surface area contributed by atoms with Crippen molar-refractivity contribution in [2.24, 2.45) is 11.8 Å². The molecule has 20 heavy (non-hydrogen) atoms. The van der Waals surface area contributed by atoms with Crippen LogP contribution >= 0.6 is 0 Å². The fourth-order valence-electron chi connectivity index (χ4n) is 2.79. The van der Waals surface area contributed by atoms with Gasteiger partial charge in [-0.1, -0.05) is 27.7 Å². The van der Waals surface area contributed by atoms with Gasteiger partial charge in [0.05, 0.1) is 6.42 Å². The Labute approximate surface area is 121 Å². The summed E-state index contributed by atoms with van der Waals surface area (Å²) in [7, 11) is 0. The Kier molecular flexibility index (Phi) is 6.30. The van der Waals surface area contributed by atoms with Crippen LogP contribution in [0.15, 0.2) is 0 Å². The summed E-state index contributed by atoms with van der Waals surface area (Å²) in [5.74, 6) is -0.212. The maximum absolute atomic E-state index is 12.6. The standard InChI is InChI=1S/C15H28N2O3/c1-5-13(6-2)17(8-11(3)4)15(20)16-9-12(10-16)7-14(18)19/h11-13H,5-10H2,1-4H3,(H,18,19). The maximum Gasteiger partial charge on any atom is 0.320 e. The van der Waals surface area contributed by atoms with E-state index in [0.717, 1.165) is 19.4 Å². The number of carboxylic acid groups (broad SMARTS) is 1. The number of hydrogen-bond acceptors (Lipinski definition) is 2. The zero-order valence-corrected chi connectivity index (χ0v) is 13.1. The van der Waals surface area contributed by atoms with Crippen LogP contribution in [0.5, 0.6) is 0 Å². The highest BCUT2D eigenvalue weighted by atomic mass is 16.4. The molecule has 0 aliphatic carbocycles. The van der Waals surface area contributed by atoms with Crippen LogP contribution in [0.3, 0.4) is 0 Å². The van der Waals surface area contributed by atoms with Gasteiger partial charge < -0.3 is 14.9 Å². The van der Waals surface area contributed by atoms with Gasteiger partial charge in [-0.15, -0.1) is 0 Å². The topological polar surface area (TPSA) is 60.9 Å². The third-order valence-corrected chi connectivity index (χ3v) is 3.88. The molecule has 0 bridgehead atoms. The molecule has 0 spiro atoms. The molecule has 1 aliphatic heterocycles. The van der Waals surface area contributed by atoms with E-state index in [1.165, 1.54) is 0 Å². The van der Waals surface area contributed by atoms with Gasteiger partial charge in [-0.25, -0.2) is 4.79 Å². The van der Waals surface area contributed by atoms with Crippen molar-refractivity contribution >= 4 is 12.0 Å². The number of carbonyl (C=O) groups excluding carboxylic acids is 1. The average molecular weight is 284 g/mol. The zero-order chi connectivity index (χ0) is 15.3. The summed E-state index contributed by atoms with van der Waals surface area (Å²) >= 11 is 0. The lowest BCUT2D eigenvalue weighted by molar-refractivity contribution is -0.139. The second kappa shape index (κ2) is 7.50. The van der Waals surface area contributed by atoms with E-state index in [4.69, 9.17) is 5.11 Å². The van der Waals surface area contributed by atoms with Crippen molar-refractivity contribution < 1.29 is 14.7 Å². The van der Waals surface area contributed by atoms with Crippen LogP contribution in [0.25, 0.3) is 0 Å². The molecule has 0 atom stereocenters. The molecule has 1 aliphatic rings. The quantitative estimate of drug-likeness (QED) is 0.782. The lowest BCUT2D eigenvalue weighted by atomic mass is 9.96. The predicted molar refractivity (Wildman–Crippen MR) is 78.6 cm³/mol.